The number of pyridine rings is 1. The predicted octanol–water partition coefficient (Wildman–Crippen LogP) is 0.756. The minimum absolute atomic E-state index is 0.107. The van der Waals surface area contributed by atoms with Crippen LogP contribution in [0.1, 0.15) is 6.42 Å². The summed E-state index contributed by atoms with van der Waals surface area (Å²) in [6.45, 7) is 1.51. The van der Waals surface area contributed by atoms with Crippen molar-refractivity contribution in [1.82, 2.24) is 4.98 Å². The standard InChI is InChI=1S/C10H13N3O2/c11-10(14)15-8-4-6-13(7-8)9-3-1-2-5-12-9/h1-3,5,8H,4,6-7H2,(H2,11,14). The molecule has 1 aromatic heterocycles. The van der Waals surface area contributed by atoms with E-state index in [1.807, 2.05) is 18.2 Å². The Morgan fingerprint density at radius 3 is 3.13 bits per heavy atom. The first-order valence-electron chi connectivity index (χ1n) is 4.88. The summed E-state index contributed by atoms with van der Waals surface area (Å²) < 4.78 is 4.93. The average molecular weight is 207 g/mol. The lowest BCUT2D eigenvalue weighted by atomic mass is 10.3. The Morgan fingerprint density at radius 1 is 1.60 bits per heavy atom. The monoisotopic (exact) mass is 207 g/mol. The summed E-state index contributed by atoms with van der Waals surface area (Å²) in [7, 11) is 0. The molecule has 1 aliphatic heterocycles. The molecule has 0 radical (unpaired) electrons. The minimum atomic E-state index is -0.706. The Morgan fingerprint density at radius 2 is 2.47 bits per heavy atom. The fourth-order valence-corrected chi connectivity index (χ4v) is 1.74. The van der Waals surface area contributed by atoms with Gasteiger partial charge in [-0.15, -0.1) is 0 Å². The van der Waals surface area contributed by atoms with Gasteiger partial charge in [-0.2, -0.15) is 0 Å². The molecule has 5 nitrogen and oxygen atoms in total. The van der Waals surface area contributed by atoms with E-state index in [4.69, 9.17) is 10.5 Å². The number of carbonyl (C=O) groups is 1. The summed E-state index contributed by atoms with van der Waals surface area (Å²) in [5, 5.41) is 0. The van der Waals surface area contributed by atoms with Crippen molar-refractivity contribution in [3.63, 3.8) is 0 Å². The number of hydrogen-bond acceptors (Lipinski definition) is 4. The molecule has 0 saturated carbocycles. The SMILES string of the molecule is NC(=O)OC1CCN(c2ccccn2)C1. The van der Waals surface area contributed by atoms with Crippen molar-refractivity contribution >= 4 is 11.9 Å². The lowest BCUT2D eigenvalue weighted by molar-refractivity contribution is 0.117. The van der Waals surface area contributed by atoms with Crippen molar-refractivity contribution in [2.45, 2.75) is 12.5 Å². The van der Waals surface area contributed by atoms with Gasteiger partial charge >= 0.3 is 6.09 Å². The van der Waals surface area contributed by atoms with E-state index >= 15 is 0 Å². The van der Waals surface area contributed by atoms with E-state index in [0.717, 1.165) is 18.8 Å². The first-order valence-corrected chi connectivity index (χ1v) is 4.88. The number of anilines is 1. The number of primary amides is 1. The van der Waals surface area contributed by atoms with Crippen LogP contribution >= 0.6 is 0 Å². The molecular formula is C10H13N3O2. The van der Waals surface area contributed by atoms with Gasteiger partial charge < -0.3 is 15.4 Å². The molecule has 1 aliphatic rings. The van der Waals surface area contributed by atoms with Crippen LogP contribution in [-0.4, -0.2) is 30.3 Å². The molecule has 0 aromatic carbocycles. The number of nitrogens with zero attached hydrogens (tertiary/aromatic N) is 2. The topological polar surface area (TPSA) is 68.5 Å². The third-order valence-corrected chi connectivity index (χ3v) is 2.40. The molecular weight excluding hydrogens is 194 g/mol. The van der Waals surface area contributed by atoms with Crippen LogP contribution in [0.25, 0.3) is 0 Å². The molecule has 80 valence electrons. The zero-order valence-corrected chi connectivity index (χ0v) is 8.30. The van der Waals surface area contributed by atoms with Crippen molar-refractivity contribution < 1.29 is 9.53 Å². The second-order valence-corrected chi connectivity index (χ2v) is 3.48. The Labute approximate surface area is 87.8 Å². The van der Waals surface area contributed by atoms with Gasteiger partial charge in [-0.25, -0.2) is 9.78 Å². The third-order valence-electron chi connectivity index (χ3n) is 2.40. The van der Waals surface area contributed by atoms with E-state index in [1.54, 1.807) is 6.20 Å². The van der Waals surface area contributed by atoms with Crippen molar-refractivity contribution in [3.05, 3.63) is 24.4 Å². The molecule has 1 fully saturated rings. The van der Waals surface area contributed by atoms with Gasteiger partial charge in [0.25, 0.3) is 0 Å². The van der Waals surface area contributed by atoms with Crippen LogP contribution < -0.4 is 10.6 Å². The quantitative estimate of drug-likeness (QED) is 0.777. The largest absolute Gasteiger partial charge is 0.444 e. The number of carbonyl (C=O) groups excluding carboxylic acids is 1. The van der Waals surface area contributed by atoms with Gasteiger partial charge in [0.2, 0.25) is 0 Å². The summed E-state index contributed by atoms with van der Waals surface area (Å²) in [4.78, 5) is 16.9. The van der Waals surface area contributed by atoms with Crippen LogP contribution in [0.2, 0.25) is 0 Å². The second-order valence-electron chi connectivity index (χ2n) is 3.48. The molecule has 0 bridgehead atoms. The third kappa shape index (κ3) is 2.37. The molecule has 1 aromatic rings. The van der Waals surface area contributed by atoms with Crippen LogP contribution in [-0.2, 0) is 4.74 Å². The number of rotatable bonds is 2. The van der Waals surface area contributed by atoms with Crippen LogP contribution in [0.3, 0.4) is 0 Å². The highest BCUT2D eigenvalue weighted by Crippen LogP contribution is 2.18. The normalized spacial score (nSPS) is 20.3. The summed E-state index contributed by atoms with van der Waals surface area (Å²) >= 11 is 0. The molecule has 0 spiro atoms. The first-order chi connectivity index (χ1) is 7.25. The fraction of sp³-hybridized carbons (Fsp3) is 0.400. The summed E-state index contributed by atoms with van der Waals surface area (Å²) in [6.07, 6.45) is 1.74. The van der Waals surface area contributed by atoms with Crippen LogP contribution in [0, 0.1) is 0 Å². The Hall–Kier alpha value is -1.78. The Balaban J connectivity index is 1.96. The highest BCUT2D eigenvalue weighted by molar-refractivity contribution is 5.65. The molecule has 1 unspecified atom stereocenters. The van der Waals surface area contributed by atoms with E-state index in [9.17, 15) is 4.79 Å². The molecule has 0 aliphatic carbocycles. The molecule has 2 N–H and O–H groups in total. The summed E-state index contributed by atoms with van der Waals surface area (Å²) in [6, 6.07) is 5.74. The highest BCUT2D eigenvalue weighted by Gasteiger charge is 2.25. The van der Waals surface area contributed by atoms with Crippen molar-refractivity contribution in [2.75, 3.05) is 18.0 Å². The van der Waals surface area contributed by atoms with Gasteiger partial charge in [0.1, 0.15) is 11.9 Å². The smallest absolute Gasteiger partial charge is 0.404 e. The Bertz CT molecular complexity index is 342. The molecule has 1 saturated heterocycles. The average Bonchev–Trinajstić information content (AvgIpc) is 2.67. The maximum atomic E-state index is 10.6. The molecule has 1 atom stereocenters. The predicted molar refractivity (Wildman–Crippen MR) is 55.5 cm³/mol. The lowest BCUT2D eigenvalue weighted by Crippen LogP contribution is -2.27. The van der Waals surface area contributed by atoms with Crippen molar-refractivity contribution in [2.24, 2.45) is 5.73 Å². The molecule has 15 heavy (non-hydrogen) atoms. The van der Waals surface area contributed by atoms with Crippen molar-refractivity contribution in [1.29, 1.82) is 0 Å². The van der Waals surface area contributed by atoms with Crippen LogP contribution in [0.15, 0.2) is 24.4 Å². The highest BCUT2D eigenvalue weighted by atomic mass is 16.6. The summed E-state index contributed by atoms with van der Waals surface area (Å²) in [5.74, 6) is 0.910. The van der Waals surface area contributed by atoms with Gasteiger partial charge in [-0.1, -0.05) is 6.07 Å². The summed E-state index contributed by atoms with van der Waals surface area (Å²) in [5.41, 5.74) is 4.96. The van der Waals surface area contributed by atoms with E-state index in [1.165, 1.54) is 0 Å². The minimum Gasteiger partial charge on any atom is -0.444 e. The maximum absolute atomic E-state index is 10.6. The van der Waals surface area contributed by atoms with Gasteiger partial charge in [0.05, 0.1) is 6.54 Å². The zero-order chi connectivity index (χ0) is 10.7. The number of nitrogens with two attached hydrogens (primary N) is 1. The number of amides is 1. The van der Waals surface area contributed by atoms with E-state index in [-0.39, 0.29) is 6.10 Å². The van der Waals surface area contributed by atoms with E-state index in [2.05, 4.69) is 9.88 Å². The van der Waals surface area contributed by atoms with Gasteiger partial charge in [-0.3, -0.25) is 0 Å². The van der Waals surface area contributed by atoms with Gasteiger partial charge in [-0.05, 0) is 12.1 Å². The van der Waals surface area contributed by atoms with Crippen LogP contribution in [0.5, 0.6) is 0 Å². The van der Waals surface area contributed by atoms with Gasteiger partial charge in [0.15, 0.2) is 0 Å². The molecule has 2 rings (SSSR count). The molecule has 1 amide bonds. The Kier molecular flexibility index (Phi) is 2.71. The first kappa shape index (κ1) is 9.76. The van der Waals surface area contributed by atoms with Crippen molar-refractivity contribution in [3.8, 4) is 0 Å². The lowest BCUT2D eigenvalue weighted by Gasteiger charge is -2.16. The number of hydrogen-bond donors (Lipinski definition) is 1. The number of aromatic nitrogens is 1. The maximum Gasteiger partial charge on any atom is 0.404 e. The van der Waals surface area contributed by atoms with E-state index in [0.29, 0.717) is 6.54 Å². The molecule has 2 heterocycles. The van der Waals surface area contributed by atoms with Gasteiger partial charge in [0, 0.05) is 19.2 Å². The zero-order valence-electron chi connectivity index (χ0n) is 8.30. The molecule has 5 heteroatoms. The van der Waals surface area contributed by atoms with Crippen LogP contribution in [0.4, 0.5) is 10.6 Å². The van der Waals surface area contributed by atoms with E-state index < -0.39 is 6.09 Å². The number of ether oxygens (including phenoxy) is 1. The fourth-order valence-electron chi connectivity index (χ4n) is 1.74. The second kappa shape index (κ2) is 4.16.